The average Bonchev–Trinajstić information content (AvgIpc) is 3.12. The van der Waals surface area contributed by atoms with E-state index < -0.39 is 5.97 Å². The van der Waals surface area contributed by atoms with Gasteiger partial charge in [-0.05, 0) is 31.9 Å². The van der Waals surface area contributed by atoms with Crippen molar-refractivity contribution in [2.24, 2.45) is 5.92 Å². The van der Waals surface area contributed by atoms with Crippen LogP contribution in [0.5, 0.6) is 0 Å². The highest BCUT2D eigenvalue weighted by molar-refractivity contribution is 7.99. The molecular weight excluding hydrogens is 326 g/mol. The van der Waals surface area contributed by atoms with E-state index in [9.17, 15) is 4.79 Å². The zero-order valence-corrected chi connectivity index (χ0v) is 14.5. The summed E-state index contributed by atoms with van der Waals surface area (Å²) in [7, 11) is 0. The highest BCUT2D eigenvalue weighted by Gasteiger charge is 2.31. The molecule has 8 heteroatoms. The lowest BCUT2D eigenvalue weighted by atomic mass is 9.93. The molecule has 0 amide bonds. The summed E-state index contributed by atoms with van der Waals surface area (Å²) in [6.07, 6.45) is 0.762. The molecule has 1 aromatic carbocycles. The second-order valence-corrected chi connectivity index (χ2v) is 6.93. The fourth-order valence-corrected chi connectivity index (χ4v) is 3.65. The molecule has 0 saturated carbocycles. The first-order valence-electron chi connectivity index (χ1n) is 7.91. The third-order valence-corrected chi connectivity index (χ3v) is 5.19. The van der Waals surface area contributed by atoms with Gasteiger partial charge in [0.05, 0.1) is 5.75 Å². The second-order valence-electron chi connectivity index (χ2n) is 5.99. The van der Waals surface area contributed by atoms with E-state index in [0.29, 0.717) is 23.2 Å². The van der Waals surface area contributed by atoms with Gasteiger partial charge in [0.2, 0.25) is 0 Å². The molecule has 7 nitrogen and oxygen atoms in total. The number of hydrogen-bond acceptors (Lipinski definition) is 6. The van der Waals surface area contributed by atoms with Gasteiger partial charge in [-0.1, -0.05) is 30.0 Å². The Morgan fingerprint density at radius 3 is 2.50 bits per heavy atom. The van der Waals surface area contributed by atoms with Crippen molar-refractivity contribution in [1.82, 2.24) is 25.6 Å². The topological polar surface area (TPSA) is 92.1 Å². The van der Waals surface area contributed by atoms with Crippen LogP contribution in [0.4, 0.5) is 0 Å². The van der Waals surface area contributed by atoms with E-state index >= 15 is 0 Å². The predicted octanol–water partition coefficient (Wildman–Crippen LogP) is 1.49. The lowest BCUT2D eigenvalue weighted by Crippen LogP contribution is -2.30. The van der Waals surface area contributed by atoms with Gasteiger partial charge >= 0.3 is 5.97 Å². The number of aromatic nitrogens is 3. The summed E-state index contributed by atoms with van der Waals surface area (Å²) in [6.45, 7) is 4.29. The van der Waals surface area contributed by atoms with Gasteiger partial charge in [-0.15, -0.1) is 10.2 Å². The van der Waals surface area contributed by atoms with Crippen molar-refractivity contribution in [3.63, 3.8) is 0 Å². The van der Waals surface area contributed by atoms with Gasteiger partial charge in [-0.25, -0.2) is 0 Å². The van der Waals surface area contributed by atoms with Crippen molar-refractivity contribution in [3.05, 3.63) is 36.2 Å². The van der Waals surface area contributed by atoms with Crippen LogP contribution in [-0.4, -0.2) is 43.7 Å². The third-order valence-electron chi connectivity index (χ3n) is 4.28. The van der Waals surface area contributed by atoms with Crippen molar-refractivity contribution in [2.75, 3.05) is 5.75 Å². The quantitative estimate of drug-likeness (QED) is 0.682. The zero-order chi connectivity index (χ0) is 17.1. The van der Waals surface area contributed by atoms with Crippen LogP contribution in [0.1, 0.15) is 19.7 Å². The van der Waals surface area contributed by atoms with Crippen molar-refractivity contribution < 1.29 is 9.90 Å². The Labute approximate surface area is 144 Å². The van der Waals surface area contributed by atoms with Gasteiger partial charge in [0, 0.05) is 24.2 Å². The number of thioether (sulfide) groups is 1. The number of rotatable bonds is 6. The molecule has 24 heavy (non-hydrogen) atoms. The van der Waals surface area contributed by atoms with E-state index in [0.717, 1.165) is 17.9 Å². The van der Waals surface area contributed by atoms with Crippen molar-refractivity contribution >= 4 is 17.7 Å². The van der Waals surface area contributed by atoms with E-state index in [2.05, 4.69) is 34.9 Å². The number of nitrogens with zero attached hydrogens (tertiary/aromatic N) is 3. The molecule has 2 atom stereocenters. The van der Waals surface area contributed by atoms with Crippen molar-refractivity contribution in [3.8, 4) is 5.69 Å². The Bertz CT molecular complexity index is 696. The molecular formula is C16H21N5O2S. The fourth-order valence-electron chi connectivity index (χ4n) is 2.96. The van der Waals surface area contributed by atoms with Crippen LogP contribution in [0.3, 0.4) is 0 Å². The van der Waals surface area contributed by atoms with Gasteiger partial charge in [0.15, 0.2) is 5.16 Å². The van der Waals surface area contributed by atoms with Crippen LogP contribution in [0.25, 0.3) is 5.69 Å². The summed E-state index contributed by atoms with van der Waals surface area (Å²) in [5, 5.41) is 18.1. The Morgan fingerprint density at radius 1 is 1.21 bits per heavy atom. The summed E-state index contributed by atoms with van der Waals surface area (Å²) in [6, 6.07) is 10.5. The molecule has 0 bridgehead atoms. The maximum absolute atomic E-state index is 10.9. The summed E-state index contributed by atoms with van der Waals surface area (Å²) in [4.78, 5) is 10.9. The standard InChI is InChI=1S/C16H21N5O2S/c1-10-13(11(2)18-17-10)8-14-19-20-16(24-9-15(22)23)21(14)12-6-4-3-5-7-12/h3-7,10-11,13,17-18H,8-9H2,1-2H3,(H,22,23). The Kier molecular flexibility index (Phi) is 5.17. The monoisotopic (exact) mass is 347 g/mol. The number of nitrogens with one attached hydrogen (secondary N) is 2. The van der Waals surface area contributed by atoms with Crippen molar-refractivity contribution in [2.45, 2.75) is 37.5 Å². The molecule has 3 N–H and O–H groups in total. The molecule has 2 heterocycles. The minimum atomic E-state index is -0.865. The summed E-state index contributed by atoms with van der Waals surface area (Å²) in [5.74, 6) is 0.331. The number of hydrazine groups is 1. The zero-order valence-electron chi connectivity index (χ0n) is 13.6. The number of aliphatic carboxylic acids is 1. The highest BCUT2D eigenvalue weighted by Crippen LogP contribution is 2.26. The van der Waals surface area contributed by atoms with Crippen LogP contribution in [0, 0.1) is 5.92 Å². The van der Waals surface area contributed by atoms with Gasteiger partial charge in [0.25, 0.3) is 0 Å². The Hall–Kier alpha value is -1.90. The molecule has 3 rings (SSSR count). The average molecular weight is 347 g/mol. The Morgan fingerprint density at radius 2 is 1.88 bits per heavy atom. The minimum Gasteiger partial charge on any atom is -0.481 e. The van der Waals surface area contributed by atoms with E-state index in [4.69, 9.17) is 5.11 Å². The van der Waals surface area contributed by atoms with Gasteiger partial charge in [0.1, 0.15) is 5.82 Å². The molecule has 1 aliphatic rings. The summed E-state index contributed by atoms with van der Waals surface area (Å²) >= 11 is 1.19. The SMILES string of the molecule is CC1NNC(C)C1Cc1nnc(SCC(=O)O)n1-c1ccccc1. The van der Waals surface area contributed by atoms with E-state index in [1.807, 2.05) is 34.9 Å². The number of carboxylic acid groups (broad SMARTS) is 1. The van der Waals surface area contributed by atoms with Gasteiger partial charge in [-0.2, -0.15) is 0 Å². The minimum absolute atomic E-state index is 0.0374. The molecule has 1 fully saturated rings. The number of hydrogen-bond donors (Lipinski definition) is 3. The smallest absolute Gasteiger partial charge is 0.313 e. The first kappa shape index (κ1) is 16.9. The number of para-hydroxylation sites is 1. The molecule has 1 aromatic heterocycles. The number of carbonyl (C=O) groups is 1. The molecule has 1 aliphatic heterocycles. The maximum atomic E-state index is 10.9. The van der Waals surface area contributed by atoms with Gasteiger partial charge < -0.3 is 5.11 Å². The molecule has 0 radical (unpaired) electrons. The van der Waals surface area contributed by atoms with Gasteiger partial charge in [-0.3, -0.25) is 20.2 Å². The lowest BCUT2D eigenvalue weighted by molar-refractivity contribution is -0.133. The number of carboxylic acids is 1. The number of benzene rings is 1. The van der Waals surface area contributed by atoms with E-state index in [-0.39, 0.29) is 5.75 Å². The summed E-state index contributed by atoms with van der Waals surface area (Å²) < 4.78 is 1.96. The second kappa shape index (κ2) is 7.33. The maximum Gasteiger partial charge on any atom is 0.313 e. The lowest BCUT2D eigenvalue weighted by Gasteiger charge is -2.18. The van der Waals surface area contributed by atoms with Crippen LogP contribution < -0.4 is 10.9 Å². The predicted molar refractivity (Wildman–Crippen MR) is 92.1 cm³/mol. The van der Waals surface area contributed by atoms with Crippen LogP contribution in [0.15, 0.2) is 35.5 Å². The van der Waals surface area contributed by atoms with E-state index in [1.165, 1.54) is 11.8 Å². The van der Waals surface area contributed by atoms with Crippen LogP contribution in [0.2, 0.25) is 0 Å². The van der Waals surface area contributed by atoms with E-state index in [1.54, 1.807) is 0 Å². The molecule has 0 spiro atoms. The third kappa shape index (κ3) is 3.61. The normalized spacial score (nSPS) is 23.5. The first-order chi connectivity index (χ1) is 11.6. The molecule has 2 aromatic rings. The van der Waals surface area contributed by atoms with Crippen LogP contribution >= 0.6 is 11.8 Å². The Balaban J connectivity index is 1.92. The fraction of sp³-hybridized carbons (Fsp3) is 0.438. The van der Waals surface area contributed by atoms with Crippen LogP contribution in [-0.2, 0) is 11.2 Å². The molecule has 1 saturated heterocycles. The highest BCUT2D eigenvalue weighted by atomic mass is 32.2. The van der Waals surface area contributed by atoms with Crippen molar-refractivity contribution in [1.29, 1.82) is 0 Å². The summed E-state index contributed by atoms with van der Waals surface area (Å²) in [5.41, 5.74) is 7.46. The first-order valence-corrected chi connectivity index (χ1v) is 8.90. The molecule has 2 unspecified atom stereocenters. The molecule has 0 aliphatic carbocycles. The largest absolute Gasteiger partial charge is 0.481 e. The molecule has 128 valence electrons.